The summed E-state index contributed by atoms with van der Waals surface area (Å²) in [4.78, 5) is 0. The van der Waals surface area contributed by atoms with Crippen LogP contribution < -0.4 is 10.1 Å². The summed E-state index contributed by atoms with van der Waals surface area (Å²) in [5.74, 6) is 0.757. The molecule has 5 heteroatoms. The van der Waals surface area contributed by atoms with E-state index in [0.717, 1.165) is 21.5 Å². The molecule has 0 aromatic heterocycles. The molecule has 1 atom stereocenters. The largest absolute Gasteiger partial charge is 0.497 e. The van der Waals surface area contributed by atoms with E-state index < -0.39 is 0 Å². The van der Waals surface area contributed by atoms with E-state index in [-0.39, 0.29) is 12.6 Å². The Kier molecular flexibility index (Phi) is 5.29. The van der Waals surface area contributed by atoms with Crippen molar-refractivity contribution < 1.29 is 9.84 Å². The van der Waals surface area contributed by atoms with Crippen molar-refractivity contribution >= 4 is 33.2 Å². The second-order valence-electron chi connectivity index (χ2n) is 4.28. The van der Waals surface area contributed by atoms with Crippen LogP contribution in [0, 0.1) is 0 Å². The van der Waals surface area contributed by atoms with Crippen LogP contribution in [0.3, 0.4) is 0 Å². The van der Waals surface area contributed by atoms with Gasteiger partial charge < -0.3 is 15.2 Å². The molecule has 0 radical (unpaired) electrons. The zero-order valence-corrected chi connectivity index (χ0v) is 13.3. The minimum absolute atomic E-state index is 0.0621. The molecule has 2 aromatic carbocycles. The van der Waals surface area contributed by atoms with E-state index in [4.69, 9.17) is 16.3 Å². The second kappa shape index (κ2) is 6.97. The fourth-order valence-electron chi connectivity index (χ4n) is 1.92. The molecule has 0 aliphatic carbocycles. The molecule has 2 N–H and O–H groups in total. The van der Waals surface area contributed by atoms with E-state index >= 15 is 0 Å². The molecule has 0 bridgehead atoms. The van der Waals surface area contributed by atoms with Crippen molar-refractivity contribution in [3.05, 3.63) is 57.5 Å². The Morgan fingerprint density at radius 3 is 2.80 bits per heavy atom. The molecule has 0 aliphatic heterocycles. The van der Waals surface area contributed by atoms with Gasteiger partial charge in [0.2, 0.25) is 0 Å². The van der Waals surface area contributed by atoms with Gasteiger partial charge in [0.15, 0.2) is 0 Å². The fraction of sp³-hybridized carbons (Fsp3) is 0.200. The first-order valence-electron chi connectivity index (χ1n) is 6.10. The highest BCUT2D eigenvalue weighted by atomic mass is 79.9. The molecule has 2 rings (SSSR count). The van der Waals surface area contributed by atoms with Gasteiger partial charge in [-0.25, -0.2) is 0 Å². The van der Waals surface area contributed by atoms with Crippen molar-refractivity contribution in [3.63, 3.8) is 0 Å². The van der Waals surface area contributed by atoms with E-state index in [1.54, 1.807) is 13.2 Å². The van der Waals surface area contributed by atoms with Crippen molar-refractivity contribution in [3.8, 4) is 5.75 Å². The topological polar surface area (TPSA) is 41.5 Å². The average molecular weight is 357 g/mol. The van der Waals surface area contributed by atoms with Gasteiger partial charge in [0.1, 0.15) is 5.75 Å². The molecule has 0 saturated heterocycles. The first-order valence-corrected chi connectivity index (χ1v) is 7.27. The predicted octanol–water partition coefficient (Wildman–Crippen LogP) is 4.26. The quantitative estimate of drug-likeness (QED) is 0.841. The Morgan fingerprint density at radius 2 is 2.10 bits per heavy atom. The van der Waals surface area contributed by atoms with Gasteiger partial charge in [-0.3, -0.25) is 0 Å². The van der Waals surface area contributed by atoms with Crippen LogP contribution in [0.15, 0.2) is 46.9 Å². The third-order valence-electron chi connectivity index (χ3n) is 2.93. The van der Waals surface area contributed by atoms with Crippen LogP contribution in [0.1, 0.15) is 11.6 Å². The number of benzene rings is 2. The third kappa shape index (κ3) is 3.66. The van der Waals surface area contributed by atoms with E-state index in [1.807, 2.05) is 36.4 Å². The molecule has 0 spiro atoms. The Morgan fingerprint density at radius 1 is 1.30 bits per heavy atom. The SMILES string of the molecule is COc1cccc(NC(CO)c2cc(Br)ccc2Cl)c1. The third-order valence-corrected chi connectivity index (χ3v) is 3.76. The van der Waals surface area contributed by atoms with Crippen molar-refractivity contribution in [2.24, 2.45) is 0 Å². The van der Waals surface area contributed by atoms with E-state index in [9.17, 15) is 5.11 Å². The van der Waals surface area contributed by atoms with E-state index in [1.165, 1.54) is 0 Å². The fourth-order valence-corrected chi connectivity index (χ4v) is 2.55. The summed E-state index contributed by atoms with van der Waals surface area (Å²) in [7, 11) is 1.62. The molecule has 0 heterocycles. The van der Waals surface area contributed by atoms with Crippen LogP contribution in [0.2, 0.25) is 5.02 Å². The normalized spacial score (nSPS) is 12.0. The summed E-state index contributed by atoms with van der Waals surface area (Å²) < 4.78 is 6.10. The molecular formula is C15H15BrClNO2. The molecule has 1 unspecified atom stereocenters. The first-order chi connectivity index (χ1) is 9.63. The predicted molar refractivity (Wildman–Crippen MR) is 85.6 cm³/mol. The summed E-state index contributed by atoms with van der Waals surface area (Å²) in [5.41, 5.74) is 1.70. The molecule has 2 aromatic rings. The molecule has 0 fully saturated rings. The summed E-state index contributed by atoms with van der Waals surface area (Å²) in [5, 5.41) is 13.5. The second-order valence-corrected chi connectivity index (χ2v) is 5.60. The van der Waals surface area contributed by atoms with Crippen molar-refractivity contribution in [2.75, 3.05) is 19.0 Å². The highest BCUT2D eigenvalue weighted by Gasteiger charge is 2.14. The van der Waals surface area contributed by atoms with E-state index in [2.05, 4.69) is 21.2 Å². The van der Waals surface area contributed by atoms with Crippen LogP contribution in [-0.4, -0.2) is 18.8 Å². The Bertz CT molecular complexity index is 592. The number of hydrogen-bond acceptors (Lipinski definition) is 3. The van der Waals surface area contributed by atoms with Gasteiger partial charge in [-0.15, -0.1) is 0 Å². The summed E-state index contributed by atoms with van der Waals surface area (Å²) >= 11 is 9.61. The van der Waals surface area contributed by atoms with Gasteiger partial charge in [-0.1, -0.05) is 33.6 Å². The van der Waals surface area contributed by atoms with E-state index in [0.29, 0.717) is 5.02 Å². The van der Waals surface area contributed by atoms with Crippen molar-refractivity contribution in [1.82, 2.24) is 0 Å². The lowest BCUT2D eigenvalue weighted by molar-refractivity contribution is 0.276. The summed E-state index contributed by atoms with van der Waals surface area (Å²) in [6, 6.07) is 12.8. The molecule has 20 heavy (non-hydrogen) atoms. The maximum absolute atomic E-state index is 9.61. The number of hydrogen-bond donors (Lipinski definition) is 2. The van der Waals surface area contributed by atoms with Gasteiger partial charge in [-0.2, -0.15) is 0 Å². The number of ether oxygens (including phenoxy) is 1. The number of rotatable bonds is 5. The number of methoxy groups -OCH3 is 1. The molecule has 3 nitrogen and oxygen atoms in total. The zero-order valence-electron chi connectivity index (χ0n) is 10.9. The van der Waals surface area contributed by atoms with Crippen LogP contribution in [-0.2, 0) is 0 Å². The van der Waals surface area contributed by atoms with Crippen LogP contribution in [0.25, 0.3) is 0 Å². The highest BCUT2D eigenvalue weighted by molar-refractivity contribution is 9.10. The van der Waals surface area contributed by atoms with Gasteiger partial charge in [0.05, 0.1) is 19.8 Å². The van der Waals surface area contributed by atoms with Crippen LogP contribution >= 0.6 is 27.5 Å². The number of halogens is 2. The van der Waals surface area contributed by atoms with Gasteiger partial charge in [0, 0.05) is 21.2 Å². The smallest absolute Gasteiger partial charge is 0.120 e. The Hall–Kier alpha value is -1.23. The lowest BCUT2D eigenvalue weighted by Crippen LogP contribution is -2.15. The van der Waals surface area contributed by atoms with Gasteiger partial charge in [0.25, 0.3) is 0 Å². The lowest BCUT2D eigenvalue weighted by atomic mass is 10.1. The number of nitrogens with one attached hydrogen (secondary N) is 1. The molecule has 106 valence electrons. The van der Waals surface area contributed by atoms with Gasteiger partial charge >= 0.3 is 0 Å². The van der Waals surface area contributed by atoms with Crippen molar-refractivity contribution in [1.29, 1.82) is 0 Å². The summed E-state index contributed by atoms with van der Waals surface area (Å²) in [6.07, 6.45) is 0. The standard InChI is InChI=1S/C15H15BrClNO2/c1-20-12-4-2-3-11(8-12)18-15(9-19)13-7-10(16)5-6-14(13)17/h2-8,15,18-19H,9H2,1H3. The number of aliphatic hydroxyl groups is 1. The number of anilines is 1. The zero-order chi connectivity index (χ0) is 14.5. The Balaban J connectivity index is 2.26. The van der Waals surface area contributed by atoms with Crippen molar-refractivity contribution in [2.45, 2.75) is 6.04 Å². The molecule has 0 amide bonds. The Labute approximate surface area is 131 Å². The monoisotopic (exact) mass is 355 g/mol. The van der Waals surface area contributed by atoms with Crippen LogP contribution in [0.5, 0.6) is 5.75 Å². The average Bonchev–Trinajstić information content (AvgIpc) is 2.47. The lowest BCUT2D eigenvalue weighted by Gasteiger charge is -2.20. The minimum atomic E-state index is -0.285. The molecular weight excluding hydrogens is 342 g/mol. The molecule has 0 aliphatic rings. The maximum atomic E-state index is 9.61. The van der Waals surface area contributed by atoms with Gasteiger partial charge in [-0.05, 0) is 35.9 Å². The summed E-state index contributed by atoms with van der Waals surface area (Å²) in [6.45, 7) is -0.0621. The van der Waals surface area contributed by atoms with Crippen LogP contribution in [0.4, 0.5) is 5.69 Å². The molecule has 0 saturated carbocycles. The maximum Gasteiger partial charge on any atom is 0.120 e. The minimum Gasteiger partial charge on any atom is -0.497 e. The first kappa shape index (κ1) is 15.2. The highest BCUT2D eigenvalue weighted by Crippen LogP contribution is 2.29. The number of aliphatic hydroxyl groups excluding tert-OH is 1.